The second-order valence-electron chi connectivity index (χ2n) is 20.3. The van der Waals surface area contributed by atoms with Gasteiger partial charge in [0, 0.05) is 23.7 Å². The van der Waals surface area contributed by atoms with Crippen molar-refractivity contribution in [1.29, 1.82) is 0 Å². The van der Waals surface area contributed by atoms with Crippen LogP contribution < -0.4 is 21.8 Å². The van der Waals surface area contributed by atoms with E-state index in [0.29, 0.717) is 24.6 Å². The molecule has 5 N–H and O–H groups in total. The highest BCUT2D eigenvalue weighted by Crippen LogP contribution is 2.51. The molecule has 2 aliphatic rings. The average molecular weight is 1010 g/mol. The lowest BCUT2D eigenvalue weighted by molar-refractivity contribution is -0.119. The Morgan fingerprint density at radius 1 is 0.791 bits per heavy atom. The molecule has 6 heterocycles. The summed E-state index contributed by atoms with van der Waals surface area (Å²) >= 11 is 3.10. The van der Waals surface area contributed by atoms with Gasteiger partial charge in [-0.1, -0.05) is 104 Å². The molecule has 6 rings (SSSR count). The van der Waals surface area contributed by atoms with Gasteiger partial charge in [0.05, 0.1) is 18.8 Å². The number of nitrogens with zero attached hydrogens (tertiary/aromatic N) is 6. The number of nitrogens with one attached hydrogen (secondary N) is 4. The second kappa shape index (κ2) is 22.6. The second-order valence-corrected chi connectivity index (χ2v) is 32.6. The van der Waals surface area contributed by atoms with Crippen molar-refractivity contribution in [3.05, 3.63) is 33.4 Å². The molecule has 0 saturated carbocycles. The van der Waals surface area contributed by atoms with E-state index >= 15 is 4.39 Å². The number of halogens is 1. The molecular formula is C45H79FN10O7S2Si2. The summed E-state index contributed by atoms with van der Waals surface area (Å²) in [5, 5.41) is 15.3. The Morgan fingerprint density at radius 2 is 1.15 bits per heavy atom. The Labute approximate surface area is 407 Å². The number of carbonyl (C=O) groups is 2. The average Bonchev–Trinajstić information content (AvgIpc) is 3.98. The van der Waals surface area contributed by atoms with Gasteiger partial charge in [-0.05, 0) is 49.1 Å². The molecule has 0 radical (unpaired) electrons. The van der Waals surface area contributed by atoms with Crippen molar-refractivity contribution in [3.8, 4) is 0 Å². The van der Waals surface area contributed by atoms with Crippen LogP contribution in [0, 0.1) is 11.8 Å². The molecule has 8 atom stereocenters. The predicted octanol–water partition coefficient (Wildman–Crippen LogP) is 9.62. The fourth-order valence-corrected chi connectivity index (χ4v) is 12.5. The molecule has 0 aromatic carbocycles. The van der Waals surface area contributed by atoms with E-state index in [-0.39, 0.29) is 80.0 Å². The summed E-state index contributed by atoms with van der Waals surface area (Å²) in [6, 6.07) is 0. The molecule has 0 unspecified atom stereocenters. The third-order valence-electron chi connectivity index (χ3n) is 12.8. The zero-order chi connectivity index (χ0) is 50.7. The molecule has 67 heavy (non-hydrogen) atoms. The van der Waals surface area contributed by atoms with Gasteiger partial charge in [-0.3, -0.25) is 48.9 Å². The Morgan fingerprint density at radius 3 is 1.51 bits per heavy atom. The number of carbonyl (C=O) groups excluding carboxylic acids is 2. The molecule has 2 aliphatic heterocycles. The molecule has 378 valence electrons. The van der Waals surface area contributed by atoms with Gasteiger partial charge >= 0.3 is 0 Å². The monoisotopic (exact) mass is 1010 g/mol. The number of hydrogen-bond acceptors (Lipinski definition) is 13. The van der Waals surface area contributed by atoms with Crippen LogP contribution in [-0.2, 0) is 18.4 Å². The maximum absolute atomic E-state index is 15.5. The first-order valence-corrected chi connectivity index (χ1v) is 30.5. The summed E-state index contributed by atoms with van der Waals surface area (Å²) in [5.41, 5.74) is 0.117. The van der Waals surface area contributed by atoms with E-state index in [1.165, 1.54) is 18.1 Å². The van der Waals surface area contributed by atoms with Crippen molar-refractivity contribution in [2.45, 2.75) is 199 Å². The number of thioether (sulfide) groups is 2. The fourth-order valence-electron chi connectivity index (χ4n) is 6.67. The Bertz CT molecular complexity index is 2290. The number of amides is 2. The maximum atomic E-state index is 15.5. The minimum Gasteiger partial charge on any atom is -0.408 e. The highest BCUT2D eigenvalue weighted by Gasteiger charge is 2.52. The SMILES string of the molecule is C.CC[C@H]1S[C@@H](n2cnc3c(=O)[nH]c(NC(=O)C(C)C)nc32)[C@H](O[Si](C)(C)C(C)(C)C)[C@@H]1O.CC[C@H]1S[C@@H](n2cnc3c(=O)[nH]c(NC(=O)C(C)C)nc32)[C@H](O[Si](C)(C)C(C)(C)C)[C@H]1F.[2H]CC. The molecule has 2 fully saturated rings. The zero-order valence-electron chi connectivity index (χ0n) is 42.8. The van der Waals surface area contributed by atoms with E-state index in [9.17, 15) is 24.3 Å². The van der Waals surface area contributed by atoms with Crippen molar-refractivity contribution in [3.63, 3.8) is 0 Å². The number of aliphatic hydroxyl groups is 1. The van der Waals surface area contributed by atoms with Crippen LogP contribution in [0.4, 0.5) is 16.3 Å². The molecule has 17 nitrogen and oxygen atoms in total. The van der Waals surface area contributed by atoms with Gasteiger partial charge in [-0.25, -0.2) is 14.4 Å². The van der Waals surface area contributed by atoms with Crippen molar-refractivity contribution >= 4 is 86.2 Å². The summed E-state index contributed by atoms with van der Waals surface area (Å²) in [7, 11) is -4.45. The van der Waals surface area contributed by atoms with E-state index in [1.54, 1.807) is 61.8 Å². The fraction of sp³-hybridized carbons (Fsp3) is 0.733. The normalized spacial score (nSPS) is 23.6. The van der Waals surface area contributed by atoms with Crippen LogP contribution in [0.5, 0.6) is 0 Å². The summed E-state index contributed by atoms with van der Waals surface area (Å²) in [6.45, 7) is 34.7. The molecular weight excluding hydrogens is 932 g/mol. The van der Waals surface area contributed by atoms with Gasteiger partial charge in [-0.2, -0.15) is 9.97 Å². The van der Waals surface area contributed by atoms with Gasteiger partial charge in [0.1, 0.15) is 29.1 Å². The van der Waals surface area contributed by atoms with Gasteiger partial charge in [-0.15, -0.1) is 23.5 Å². The van der Waals surface area contributed by atoms with Crippen molar-refractivity contribution in [2.75, 3.05) is 10.6 Å². The number of hydrogen-bond donors (Lipinski definition) is 5. The highest BCUT2D eigenvalue weighted by atomic mass is 32.2. The smallest absolute Gasteiger partial charge is 0.280 e. The number of aliphatic hydroxyl groups excluding tert-OH is 1. The van der Waals surface area contributed by atoms with E-state index < -0.39 is 57.6 Å². The zero-order valence-corrected chi connectivity index (χ0v) is 45.5. The first-order chi connectivity index (χ1) is 30.9. The molecule has 0 spiro atoms. The number of rotatable bonds is 12. The van der Waals surface area contributed by atoms with Gasteiger partial charge < -0.3 is 14.0 Å². The lowest BCUT2D eigenvalue weighted by Gasteiger charge is -2.40. The summed E-state index contributed by atoms with van der Waals surface area (Å²) in [5.74, 6) is -0.894. The number of H-pyrrole nitrogens is 2. The predicted molar refractivity (Wildman–Crippen MR) is 278 cm³/mol. The lowest BCUT2D eigenvalue weighted by Crippen LogP contribution is -2.48. The van der Waals surface area contributed by atoms with Gasteiger partial charge in [0.25, 0.3) is 11.1 Å². The van der Waals surface area contributed by atoms with Crippen LogP contribution in [0.1, 0.15) is 129 Å². The number of aromatic nitrogens is 8. The Hall–Kier alpha value is -3.42. The van der Waals surface area contributed by atoms with Crippen molar-refractivity contribution in [2.24, 2.45) is 11.8 Å². The maximum Gasteiger partial charge on any atom is 0.280 e. The van der Waals surface area contributed by atoms with E-state index in [2.05, 4.69) is 108 Å². The summed E-state index contributed by atoms with van der Waals surface area (Å²) in [4.78, 5) is 72.0. The van der Waals surface area contributed by atoms with E-state index in [0.717, 1.165) is 6.42 Å². The minimum atomic E-state index is -2.26. The quantitative estimate of drug-likeness (QED) is 0.0835. The summed E-state index contributed by atoms with van der Waals surface area (Å²) < 4.78 is 38.5. The first kappa shape index (κ1) is 56.2. The van der Waals surface area contributed by atoms with Crippen LogP contribution in [0.3, 0.4) is 0 Å². The van der Waals surface area contributed by atoms with Crippen LogP contribution in [-0.4, -0.2) is 108 Å². The molecule has 22 heteroatoms. The molecule has 4 aromatic rings. The third-order valence-corrected chi connectivity index (χ3v) is 25.2. The number of aromatic amines is 2. The van der Waals surface area contributed by atoms with Crippen LogP contribution >= 0.6 is 23.5 Å². The van der Waals surface area contributed by atoms with E-state index in [1.807, 2.05) is 13.8 Å². The molecule has 2 saturated heterocycles. The number of anilines is 2. The first-order valence-electron chi connectivity index (χ1n) is 23.5. The van der Waals surface area contributed by atoms with E-state index in [4.69, 9.17) is 10.2 Å². The number of imidazole rings is 2. The number of fused-ring (bicyclic) bond motifs is 2. The number of alkyl halides is 1. The van der Waals surface area contributed by atoms with Crippen molar-refractivity contribution < 1.29 is 29.3 Å². The molecule has 0 bridgehead atoms. The van der Waals surface area contributed by atoms with Crippen LogP contribution in [0.2, 0.25) is 36.3 Å². The molecule has 0 aliphatic carbocycles. The van der Waals surface area contributed by atoms with Crippen molar-refractivity contribution in [1.82, 2.24) is 39.0 Å². The largest absolute Gasteiger partial charge is 0.408 e. The third kappa shape index (κ3) is 12.7. The highest BCUT2D eigenvalue weighted by molar-refractivity contribution is 8.00. The van der Waals surface area contributed by atoms with Crippen LogP contribution in [0.25, 0.3) is 22.3 Å². The summed E-state index contributed by atoms with van der Waals surface area (Å²) in [6.07, 6.45) is 1.60. The standard InChI is InChI=1S/C21H34FN5O3SSi.C21H35N5O4SSi.C2H6.CH4/c1-9-12-13(22)15(30-32(7,8)21(4,5)6)19(31-12)27-10-23-14-16(27)24-20(26-18(14)29)25-17(28)11(2)3;1-9-12-14(27)15(30-32(7,8)21(4,5)6)19(31-12)26-10-22-13-16(26)23-20(25-18(13)29)24-17(28)11(2)3;1-2;/h10-13,15,19H,9H2,1-8H3,(H2,24,25,26,28,29);10-12,14-15,19,27H,9H2,1-8H3,(H2,23,24,25,28,29);1-2H3;1H4/t12-,13+,15-,19-;12-,14-,15-,19-;;/m11../s1/i;;1D;. The van der Waals surface area contributed by atoms with Crippen LogP contribution in [0.15, 0.2) is 22.2 Å². The Kier molecular flexibility index (Phi) is 18.9. The van der Waals surface area contributed by atoms with Gasteiger partial charge in [0.15, 0.2) is 39.0 Å². The Balaban J connectivity index is 0.000000336. The van der Waals surface area contributed by atoms with Gasteiger partial charge in [0.2, 0.25) is 23.7 Å². The molecule has 4 aromatic heterocycles. The minimum absolute atomic E-state index is 0. The topological polar surface area (TPSA) is 224 Å². The molecule has 2 amide bonds. The lowest BCUT2D eigenvalue weighted by atomic mass is 10.1.